The van der Waals surface area contributed by atoms with Gasteiger partial charge in [0, 0.05) is 43.3 Å². The number of hydrogen-bond donors (Lipinski definition) is 2. The van der Waals surface area contributed by atoms with Crippen molar-refractivity contribution in [3.63, 3.8) is 0 Å². The molecule has 5 rings (SSSR count). The Morgan fingerprint density at radius 1 is 0.900 bits per heavy atom. The lowest BCUT2D eigenvalue weighted by Crippen LogP contribution is -2.34. The first-order chi connectivity index (χ1) is 14.5. The van der Waals surface area contributed by atoms with Gasteiger partial charge in [0.25, 0.3) is 17.4 Å². The highest BCUT2D eigenvalue weighted by Gasteiger charge is 2.31. The van der Waals surface area contributed by atoms with Gasteiger partial charge in [0.05, 0.1) is 16.8 Å². The zero-order valence-electron chi connectivity index (χ0n) is 16.2. The zero-order chi connectivity index (χ0) is 20.8. The van der Waals surface area contributed by atoms with E-state index in [1.807, 2.05) is 24.3 Å². The number of hydrogen-bond acceptors (Lipinski definition) is 5. The summed E-state index contributed by atoms with van der Waals surface area (Å²) < 4.78 is 3.53. The number of carbonyl (C=O) groups is 2. The van der Waals surface area contributed by atoms with Crippen LogP contribution in [0.2, 0.25) is 0 Å². The molecule has 2 aliphatic rings. The van der Waals surface area contributed by atoms with Crippen molar-refractivity contribution in [3.05, 3.63) is 76.3 Å². The molecule has 1 fully saturated rings. The van der Waals surface area contributed by atoms with E-state index in [0.29, 0.717) is 11.7 Å². The van der Waals surface area contributed by atoms with Crippen LogP contribution in [-0.2, 0) is 0 Å². The normalized spacial score (nSPS) is 16.6. The second kappa shape index (κ2) is 6.91. The molecule has 2 aromatic heterocycles. The predicted octanol–water partition coefficient (Wildman–Crippen LogP) is 1.95. The Balaban J connectivity index is 1.39. The Morgan fingerprint density at radius 3 is 2.20 bits per heavy atom. The Hall–Kier alpha value is -3.81. The maximum absolute atomic E-state index is 12.6. The van der Waals surface area contributed by atoms with Crippen molar-refractivity contribution >= 4 is 23.3 Å². The summed E-state index contributed by atoms with van der Waals surface area (Å²) in [5, 5.41) is 2.18. The van der Waals surface area contributed by atoms with Gasteiger partial charge in [-0.3, -0.25) is 24.3 Å². The van der Waals surface area contributed by atoms with Crippen molar-refractivity contribution in [1.29, 1.82) is 0 Å². The van der Waals surface area contributed by atoms with Crippen molar-refractivity contribution in [2.45, 2.75) is 18.9 Å². The predicted molar refractivity (Wildman–Crippen MR) is 113 cm³/mol. The summed E-state index contributed by atoms with van der Waals surface area (Å²) in [7, 11) is 0. The number of nitrogens with one attached hydrogen (secondary N) is 1. The maximum atomic E-state index is 12.6. The number of nitrogens with zero attached hydrogens (tertiary/aromatic N) is 3. The average Bonchev–Trinajstić information content (AvgIpc) is 3.37. The quantitative estimate of drug-likeness (QED) is 0.651. The molecular weight excluding hydrogens is 382 g/mol. The minimum Gasteiger partial charge on any atom is -0.384 e. The minimum atomic E-state index is -0.593. The SMILES string of the molecule is Nc1c2c(cc(=O)n1-c1ccc(N3CCC(n4cccc4)CC3)cc1)C(=O)NC2=O. The molecule has 8 nitrogen and oxygen atoms in total. The second-order valence-corrected chi connectivity index (χ2v) is 7.64. The third kappa shape index (κ3) is 2.88. The number of benzene rings is 1. The van der Waals surface area contributed by atoms with E-state index in [0.717, 1.165) is 37.7 Å². The largest absolute Gasteiger partial charge is 0.384 e. The number of piperidine rings is 1. The minimum absolute atomic E-state index is 0.0267. The Bertz CT molecular complexity index is 1190. The summed E-state index contributed by atoms with van der Waals surface area (Å²) in [6.45, 7) is 1.90. The molecule has 152 valence electrons. The zero-order valence-corrected chi connectivity index (χ0v) is 16.2. The van der Waals surface area contributed by atoms with E-state index in [-0.39, 0.29) is 16.9 Å². The molecule has 4 heterocycles. The lowest BCUT2D eigenvalue weighted by atomic mass is 10.0. The van der Waals surface area contributed by atoms with Crippen LogP contribution < -0.4 is 21.5 Å². The molecule has 2 aliphatic heterocycles. The van der Waals surface area contributed by atoms with E-state index in [9.17, 15) is 14.4 Å². The molecule has 0 radical (unpaired) electrons. The van der Waals surface area contributed by atoms with Crippen LogP contribution in [0.5, 0.6) is 0 Å². The third-order valence-corrected chi connectivity index (χ3v) is 5.94. The molecule has 0 saturated carbocycles. The monoisotopic (exact) mass is 403 g/mol. The number of carbonyl (C=O) groups excluding carboxylic acids is 2. The molecule has 30 heavy (non-hydrogen) atoms. The molecular formula is C22H21N5O3. The average molecular weight is 403 g/mol. The molecule has 1 saturated heterocycles. The Morgan fingerprint density at radius 2 is 1.53 bits per heavy atom. The van der Waals surface area contributed by atoms with E-state index in [1.54, 1.807) is 0 Å². The summed E-state index contributed by atoms with van der Waals surface area (Å²) >= 11 is 0. The first kappa shape index (κ1) is 18.2. The number of rotatable bonds is 3. The van der Waals surface area contributed by atoms with Gasteiger partial charge in [-0.25, -0.2) is 0 Å². The van der Waals surface area contributed by atoms with Crippen LogP contribution in [0.1, 0.15) is 39.6 Å². The van der Waals surface area contributed by atoms with Crippen molar-refractivity contribution in [2.24, 2.45) is 0 Å². The summed E-state index contributed by atoms with van der Waals surface area (Å²) in [4.78, 5) is 38.7. The van der Waals surface area contributed by atoms with Gasteiger partial charge >= 0.3 is 0 Å². The molecule has 2 amide bonds. The number of fused-ring (bicyclic) bond motifs is 1. The van der Waals surface area contributed by atoms with Gasteiger partial charge < -0.3 is 15.2 Å². The lowest BCUT2D eigenvalue weighted by molar-refractivity contribution is 0.0880. The number of aromatic nitrogens is 2. The highest BCUT2D eigenvalue weighted by molar-refractivity contribution is 6.23. The third-order valence-electron chi connectivity index (χ3n) is 5.94. The molecule has 3 N–H and O–H groups in total. The van der Waals surface area contributed by atoms with Gasteiger partial charge in [0.15, 0.2) is 0 Å². The second-order valence-electron chi connectivity index (χ2n) is 7.64. The van der Waals surface area contributed by atoms with Crippen LogP contribution in [0.4, 0.5) is 11.5 Å². The lowest BCUT2D eigenvalue weighted by Gasteiger charge is -2.34. The molecule has 8 heteroatoms. The molecule has 1 aromatic carbocycles. The number of imide groups is 1. The van der Waals surface area contributed by atoms with E-state index >= 15 is 0 Å². The summed E-state index contributed by atoms with van der Waals surface area (Å²) in [5.74, 6) is -1.20. The van der Waals surface area contributed by atoms with Crippen LogP contribution in [0.3, 0.4) is 0 Å². The summed E-state index contributed by atoms with van der Waals surface area (Å²) in [5.41, 5.74) is 7.36. The van der Waals surface area contributed by atoms with Crippen molar-refractivity contribution in [1.82, 2.24) is 14.5 Å². The summed E-state index contributed by atoms with van der Waals surface area (Å²) in [6.07, 6.45) is 6.36. The molecule has 0 unspecified atom stereocenters. The Kier molecular flexibility index (Phi) is 4.20. The van der Waals surface area contributed by atoms with E-state index in [4.69, 9.17) is 5.73 Å². The van der Waals surface area contributed by atoms with Crippen molar-refractivity contribution < 1.29 is 9.59 Å². The molecule has 0 spiro atoms. The van der Waals surface area contributed by atoms with Crippen LogP contribution >= 0.6 is 0 Å². The summed E-state index contributed by atoms with van der Waals surface area (Å²) in [6, 6.07) is 13.3. The fraction of sp³-hybridized carbons (Fsp3) is 0.227. The number of pyridine rings is 1. The van der Waals surface area contributed by atoms with E-state index < -0.39 is 17.4 Å². The maximum Gasteiger partial charge on any atom is 0.262 e. The fourth-order valence-electron chi connectivity index (χ4n) is 4.37. The van der Waals surface area contributed by atoms with Crippen LogP contribution in [0.25, 0.3) is 5.69 Å². The number of nitrogen functional groups attached to an aromatic ring is 1. The van der Waals surface area contributed by atoms with Gasteiger partial charge in [0.1, 0.15) is 5.82 Å². The van der Waals surface area contributed by atoms with Crippen LogP contribution in [0.15, 0.2) is 59.7 Å². The number of anilines is 2. The van der Waals surface area contributed by atoms with Gasteiger partial charge in [-0.05, 0) is 49.2 Å². The van der Waals surface area contributed by atoms with E-state index in [2.05, 4.69) is 39.3 Å². The molecule has 0 atom stereocenters. The Labute approximate surface area is 172 Å². The van der Waals surface area contributed by atoms with Crippen molar-refractivity contribution in [2.75, 3.05) is 23.7 Å². The smallest absolute Gasteiger partial charge is 0.262 e. The number of amides is 2. The molecule has 0 aliphatic carbocycles. The fourth-order valence-corrected chi connectivity index (χ4v) is 4.37. The van der Waals surface area contributed by atoms with Crippen molar-refractivity contribution in [3.8, 4) is 5.69 Å². The topological polar surface area (TPSA) is 102 Å². The highest BCUT2D eigenvalue weighted by atomic mass is 16.2. The number of nitrogens with two attached hydrogens (primary N) is 1. The van der Waals surface area contributed by atoms with Crippen LogP contribution in [-0.4, -0.2) is 34.0 Å². The first-order valence-electron chi connectivity index (χ1n) is 9.92. The first-order valence-corrected chi connectivity index (χ1v) is 9.92. The van der Waals surface area contributed by atoms with Crippen LogP contribution in [0, 0.1) is 0 Å². The molecule has 0 bridgehead atoms. The van der Waals surface area contributed by atoms with Gasteiger partial charge in [0.2, 0.25) is 0 Å². The standard InChI is InChI=1S/C22H21N5O3/c23-20-19-17(21(29)24-22(19)30)13-18(28)27(20)16-5-3-14(4-6-16)26-11-7-15(8-12-26)25-9-1-2-10-25/h1-6,9-10,13,15H,7-8,11-12,23H2,(H,24,29,30). The highest BCUT2D eigenvalue weighted by Crippen LogP contribution is 2.28. The van der Waals surface area contributed by atoms with Gasteiger partial charge in [-0.1, -0.05) is 0 Å². The van der Waals surface area contributed by atoms with E-state index in [1.165, 1.54) is 4.57 Å². The van der Waals surface area contributed by atoms with Gasteiger partial charge in [-0.15, -0.1) is 0 Å². The van der Waals surface area contributed by atoms with Gasteiger partial charge in [-0.2, -0.15) is 0 Å². The molecule has 3 aromatic rings.